The van der Waals surface area contributed by atoms with Gasteiger partial charge in [-0.2, -0.15) is 0 Å². The smallest absolute Gasteiger partial charge is 0.0704 e. The molecule has 7 heteroatoms. The summed E-state index contributed by atoms with van der Waals surface area (Å²) in [6.07, 6.45) is 4.11. The second-order valence-corrected chi connectivity index (χ2v) is 7.71. The van der Waals surface area contributed by atoms with Gasteiger partial charge >= 0.3 is 0 Å². The molecule has 3 N–H and O–H groups in total. The van der Waals surface area contributed by atoms with Gasteiger partial charge in [-0.15, -0.1) is 0 Å². The fourth-order valence-corrected chi connectivity index (χ4v) is 4.76. The monoisotopic (exact) mass is 340 g/mol. The van der Waals surface area contributed by atoms with Crippen LogP contribution in [-0.4, -0.2) is 75.4 Å². The number of hydrogen-bond acceptors (Lipinski definition) is 7. The van der Waals surface area contributed by atoms with Crippen LogP contribution in [0.1, 0.15) is 26.2 Å². The predicted molar refractivity (Wildman–Crippen MR) is 90.2 cm³/mol. The van der Waals surface area contributed by atoms with Gasteiger partial charge in [0.2, 0.25) is 0 Å². The fraction of sp³-hybridized carbons (Fsp3) is 1.00. The van der Waals surface area contributed by atoms with Crippen LogP contribution in [0.25, 0.3) is 0 Å². The number of hydrogen-bond donors (Lipinski definition) is 3. The molecule has 0 aromatic rings. The normalized spacial score (nSPS) is 47.6. The van der Waals surface area contributed by atoms with Gasteiger partial charge in [0.25, 0.3) is 0 Å². The van der Waals surface area contributed by atoms with Crippen LogP contribution in [0.5, 0.6) is 0 Å². The molecule has 0 amide bonds. The Kier molecular flexibility index (Phi) is 5.68. The van der Waals surface area contributed by atoms with Crippen molar-refractivity contribution < 1.29 is 14.2 Å². The Morgan fingerprint density at radius 2 is 1.83 bits per heavy atom. The third kappa shape index (κ3) is 3.93. The van der Waals surface area contributed by atoms with Crippen LogP contribution >= 0.6 is 0 Å². The number of hydrazine groups is 2. The van der Waals surface area contributed by atoms with E-state index in [1.165, 1.54) is 6.42 Å². The Hall–Kier alpha value is -0.280. The Morgan fingerprint density at radius 3 is 2.75 bits per heavy atom. The van der Waals surface area contributed by atoms with Crippen molar-refractivity contribution in [3.63, 3.8) is 0 Å². The lowest BCUT2D eigenvalue weighted by Crippen LogP contribution is -2.42. The van der Waals surface area contributed by atoms with E-state index in [1.54, 1.807) is 0 Å². The molecule has 138 valence electrons. The molecule has 0 spiro atoms. The van der Waals surface area contributed by atoms with Crippen molar-refractivity contribution in [2.24, 2.45) is 11.8 Å². The first-order valence-corrected chi connectivity index (χ1v) is 9.60. The minimum Gasteiger partial charge on any atom is -0.377 e. The molecule has 4 fully saturated rings. The summed E-state index contributed by atoms with van der Waals surface area (Å²) in [6, 6.07) is 1.13. The maximum atomic E-state index is 6.09. The Labute approximate surface area is 144 Å². The molecule has 3 saturated heterocycles. The first-order valence-electron chi connectivity index (χ1n) is 9.60. The summed E-state index contributed by atoms with van der Waals surface area (Å²) in [4.78, 5) is 0. The summed E-state index contributed by atoms with van der Waals surface area (Å²) >= 11 is 0. The van der Waals surface area contributed by atoms with Crippen LogP contribution in [0.15, 0.2) is 0 Å². The molecule has 3 heterocycles. The van der Waals surface area contributed by atoms with E-state index in [-0.39, 0.29) is 6.10 Å². The molecule has 6 unspecified atom stereocenters. The molecular formula is C17H32N4O3. The lowest BCUT2D eigenvalue weighted by molar-refractivity contribution is -0.0437. The van der Waals surface area contributed by atoms with Gasteiger partial charge in [0.15, 0.2) is 0 Å². The van der Waals surface area contributed by atoms with Gasteiger partial charge in [0, 0.05) is 37.6 Å². The first-order chi connectivity index (χ1) is 11.8. The van der Waals surface area contributed by atoms with Crippen molar-refractivity contribution >= 4 is 0 Å². The van der Waals surface area contributed by atoms with Crippen molar-refractivity contribution in [3.8, 4) is 0 Å². The van der Waals surface area contributed by atoms with Gasteiger partial charge in [-0.25, -0.2) is 5.01 Å². The lowest BCUT2D eigenvalue weighted by Gasteiger charge is -2.34. The average molecular weight is 340 g/mol. The minimum absolute atomic E-state index is 0.213. The predicted octanol–water partition coefficient (Wildman–Crippen LogP) is -0.112. The molecule has 7 nitrogen and oxygen atoms in total. The molecule has 24 heavy (non-hydrogen) atoms. The molecule has 3 aliphatic heterocycles. The van der Waals surface area contributed by atoms with Gasteiger partial charge in [-0.1, -0.05) is 0 Å². The van der Waals surface area contributed by atoms with Crippen molar-refractivity contribution in [3.05, 3.63) is 0 Å². The zero-order chi connectivity index (χ0) is 16.4. The van der Waals surface area contributed by atoms with Crippen LogP contribution in [0.4, 0.5) is 0 Å². The van der Waals surface area contributed by atoms with Crippen LogP contribution < -0.4 is 16.3 Å². The average Bonchev–Trinajstić information content (AvgIpc) is 3.19. The molecule has 4 rings (SSSR count). The zero-order valence-electron chi connectivity index (χ0n) is 14.7. The number of rotatable bonds is 0. The van der Waals surface area contributed by atoms with Crippen molar-refractivity contribution in [2.45, 2.75) is 50.5 Å². The number of ether oxygens (including phenoxy) is 3. The Morgan fingerprint density at radius 1 is 0.958 bits per heavy atom. The van der Waals surface area contributed by atoms with Crippen molar-refractivity contribution in [1.82, 2.24) is 21.3 Å². The summed E-state index contributed by atoms with van der Waals surface area (Å²) in [5.41, 5.74) is 10.7. The quantitative estimate of drug-likeness (QED) is 0.568. The maximum Gasteiger partial charge on any atom is 0.0704 e. The summed E-state index contributed by atoms with van der Waals surface area (Å²) in [5, 5.41) is 2.33. The van der Waals surface area contributed by atoms with Gasteiger partial charge in [-0.3, -0.25) is 16.3 Å². The van der Waals surface area contributed by atoms with Gasteiger partial charge < -0.3 is 14.2 Å². The first kappa shape index (κ1) is 17.1. The maximum absolute atomic E-state index is 6.09. The van der Waals surface area contributed by atoms with Crippen molar-refractivity contribution in [2.75, 3.05) is 46.1 Å². The van der Waals surface area contributed by atoms with Gasteiger partial charge in [0.05, 0.1) is 38.6 Å². The van der Waals surface area contributed by atoms with Crippen LogP contribution in [0.3, 0.4) is 0 Å². The van der Waals surface area contributed by atoms with E-state index in [2.05, 4.69) is 28.2 Å². The summed E-state index contributed by atoms with van der Waals surface area (Å²) in [6.45, 7) is 7.85. The standard InChI is InChI=1S/C17H32N4O3/c1-12-10-21-11-13(9-18-21)17-15-8-14(2-3-16(15)19-20-17)24-7-5-22-4-6-23-12/h12-20H,2-11H2,1H3/t12-,13?,14?,15?,16?,17?/m1/s1. The molecule has 0 aromatic heterocycles. The molecule has 7 atom stereocenters. The highest BCUT2D eigenvalue weighted by atomic mass is 16.5. The molecule has 0 aromatic carbocycles. The number of nitrogens with zero attached hydrogens (tertiary/aromatic N) is 1. The Bertz CT molecular complexity index is 413. The third-order valence-corrected chi connectivity index (χ3v) is 5.98. The zero-order valence-corrected chi connectivity index (χ0v) is 14.7. The highest BCUT2D eigenvalue weighted by Gasteiger charge is 2.45. The van der Waals surface area contributed by atoms with E-state index >= 15 is 0 Å². The molecule has 1 aliphatic carbocycles. The van der Waals surface area contributed by atoms with Crippen LogP contribution in [0.2, 0.25) is 0 Å². The molecule has 1 saturated carbocycles. The Balaban J connectivity index is 1.42. The summed E-state index contributed by atoms with van der Waals surface area (Å²) < 4.78 is 17.6. The van der Waals surface area contributed by atoms with E-state index in [0.29, 0.717) is 56.5 Å². The molecule has 4 bridgehead atoms. The topological polar surface area (TPSA) is 67.0 Å². The molecule has 0 radical (unpaired) electrons. The highest BCUT2D eigenvalue weighted by molar-refractivity contribution is 5.00. The van der Waals surface area contributed by atoms with E-state index in [0.717, 1.165) is 32.5 Å². The van der Waals surface area contributed by atoms with E-state index in [1.807, 2.05) is 0 Å². The highest BCUT2D eigenvalue weighted by Crippen LogP contribution is 2.35. The molecular weight excluding hydrogens is 308 g/mol. The number of fused-ring (bicyclic) bond motifs is 4. The van der Waals surface area contributed by atoms with Gasteiger partial charge in [0.1, 0.15) is 0 Å². The second-order valence-electron chi connectivity index (χ2n) is 7.71. The summed E-state index contributed by atoms with van der Waals surface area (Å²) in [7, 11) is 0. The summed E-state index contributed by atoms with van der Waals surface area (Å²) in [5.74, 6) is 1.30. The van der Waals surface area contributed by atoms with Crippen molar-refractivity contribution in [1.29, 1.82) is 0 Å². The second kappa shape index (κ2) is 7.95. The molecule has 4 aliphatic rings. The SMILES string of the molecule is C[C@@H]1CN2CC(CN2)C2NNC3CCC(CC32)OCCOCCO1. The van der Waals surface area contributed by atoms with E-state index in [4.69, 9.17) is 14.2 Å². The third-order valence-electron chi connectivity index (χ3n) is 5.98. The van der Waals surface area contributed by atoms with E-state index in [9.17, 15) is 0 Å². The number of nitrogens with one attached hydrogen (secondary N) is 3. The van der Waals surface area contributed by atoms with Crippen LogP contribution in [-0.2, 0) is 14.2 Å². The largest absolute Gasteiger partial charge is 0.377 e. The van der Waals surface area contributed by atoms with Crippen LogP contribution in [0, 0.1) is 11.8 Å². The lowest BCUT2D eigenvalue weighted by atomic mass is 9.76. The van der Waals surface area contributed by atoms with Gasteiger partial charge in [-0.05, 0) is 32.1 Å². The van der Waals surface area contributed by atoms with E-state index < -0.39 is 0 Å². The minimum atomic E-state index is 0.213. The fourth-order valence-electron chi connectivity index (χ4n) is 4.76.